The average molecular weight is 273 g/mol. The van der Waals surface area contributed by atoms with E-state index in [1.165, 1.54) is 0 Å². The van der Waals surface area contributed by atoms with E-state index in [0.29, 0.717) is 18.5 Å². The van der Waals surface area contributed by atoms with Gasteiger partial charge in [-0.15, -0.1) is 0 Å². The third-order valence-corrected chi connectivity index (χ3v) is 3.12. The molecule has 0 aromatic heterocycles. The van der Waals surface area contributed by atoms with Crippen molar-refractivity contribution in [3.8, 4) is 6.07 Å². The zero-order valence-electron chi connectivity index (χ0n) is 12.7. The van der Waals surface area contributed by atoms with E-state index in [-0.39, 0.29) is 11.9 Å². The minimum Gasteiger partial charge on any atom is -0.385 e. The van der Waals surface area contributed by atoms with Gasteiger partial charge in [-0.25, -0.2) is 0 Å². The van der Waals surface area contributed by atoms with Crippen LogP contribution in [0, 0.1) is 18.3 Å². The minimum absolute atomic E-state index is 0.0186. The number of nitrogens with zero attached hydrogens (tertiary/aromatic N) is 2. The highest BCUT2D eigenvalue weighted by molar-refractivity contribution is 6.00. The molecule has 0 bridgehead atoms. The molecule has 1 aromatic carbocycles. The van der Waals surface area contributed by atoms with Gasteiger partial charge in [0.25, 0.3) is 5.91 Å². The maximum atomic E-state index is 12.7. The van der Waals surface area contributed by atoms with Crippen LogP contribution in [-0.4, -0.2) is 29.9 Å². The third kappa shape index (κ3) is 3.99. The molecule has 0 unspecified atom stereocenters. The molecule has 1 aromatic rings. The van der Waals surface area contributed by atoms with Crippen LogP contribution >= 0.6 is 0 Å². The van der Waals surface area contributed by atoms with Crippen LogP contribution < -0.4 is 5.32 Å². The van der Waals surface area contributed by atoms with Crippen molar-refractivity contribution >= 4 is 11.6 Å². The van der Waals surface area contributed by atoms with Crippen molar-refractivity contribution in [3.05, 3.63) is 29.3 Å². The van der Waals surface area contributed by atoms with E-state index in [0.717, 1.165) is 17.8 Å². The Labute approximate surface area is 121 Å². The second-order valence-electron chi connectivity index (χ2n) is 5.08. The zero-order valence-corrected chi connectivity index (χ0v) is 12.7. The molecule has 0 radical (unpaired) electrons. The number of carbonyl (C=O) groups excluding carboxylic acids is 1. The number of hydrogen-bond donors (Lipinski definition) is 1. The monoisotopic (exact) mass is 273 g/mol. The van der Waals surface area contributed by atoms with Crippen LogP contribution in [0.5, 0.6) is 0 Å². The van der Waals surface area contributed by atoms with Gasteiger partial charge in [0.15, 0.2) is 0 Å². The van der Waals surface area contributed by atoms with E-state index in [4.69, 9.17) is 5.26 Å². The summed E-state index contributed by atoms with van der Waals surface area (Å²) in [5, 5.41) is 12.0. The minimum atomic E-state index is -0.0186. The van der Waals surface area contributed by atoms with Gasteiger partial charge in [-0.3, -0.25) is 4.79 Å². The lowest BCUT2D eigenvalue weighted by Crippen LogP contribution is -2.38. The quantitative estimate of drug-likeness (QED) is 0.866. The Hall–Kier alpha value is -2.02. The Bertz CT molecular complexity index is 503. The fourth-order valence-corrected chi connectivity index (χ4v) is 2.10. The maximum absolute atomic E-state index is 12.7. The Morgan fingerprint density at radius 3 is 2.70 bits per heavy atom. The first-order valence-electron chi connectivity index (χ1n) is 7.03. The summed E-state index contributed by atoms with van der Waals surface area (Å²) < 4.78 is 0. The maximum Gasteiger partial charge on any atom is 0.256 e. The number of rotatable bonds is 6. The van der Waals surface area contributed by atoms with E-state index in [1.807, 2.05) is 45.9 Å². The topological polar surface area (TPSA) is 56.1 Å². The fraction of sp³-hybridized carbons (Fsp3) is 0.500. The summed E-state index contributed by atoms with van der Waals surface area (Å²) in [6, 6.07) is 8.01. The van der Waals surface area contributed by atoms with Crippen molar-refractivity contribution in [2.75, 3.05) is 18.4 Å². The van der Waals surface area contributed by atoms with E-state index < -0.39 is 0 Å². The fourth-order valence-electron chi connectivity index (χ4n) is 2.10. The number of amides is 1. The number of anilines is 1. The van der Waals surface area contributed by atoms with Gasteiger partial charge in [0.2, 0.25) is 0 Å². The first-order valence-corrected chi connectivity index (χ1v) is 7.03. The normalized spacial score (nSPS) is 10.2. The SMILES string of the molecule is CCNc1ccc(C)cc1C(=O)N(CCC#N)C(C)C. The molecule has 0 spiro atoms. The summed E-state index contributed by atoms with van der Waals surface area (Å²) >= 11 is 0. The van der Waals surface area contributed by atoms with Crippen LogP contribution in [0.1, 0.15) is 43.1 Å². The third-order valence-electron chi connectivity index (χ3n) is 3.12. The van der Waals surface area contributed by atoms with Crippen LogP contribution in [0.2, 0.25) is 0 Å². The van der Waals surface area contributed by atoms with E-state index >= 15 is 0 Å². The van der Waals surface area contributed by atoms with E-state index in [1.54, 1.807) is 4.90 Å². The number of carbonyl (C=O) groups is 1. The molecule has 20 heavy (non-hydrogen) atoms. The Morgan fingerprint density at radius 1 is 1.45 bits per heavy atom. The standard InChI is InChI=1S/C16H23N3O/c1-5-18-15-8-7-13(4)11-14(15)16(20)19(12(2)3)10-6-9-17/h7-8,11-12,18H,5-6,10H2,1-4H3. The molecule has 1 amide bonds. The Morgan fingerprint density at radius 2 is 2.15 bits per heavy atom. The molecule has 4 heteroatoms. The van der Waals surface area contributed by atoms with Gasteiger partial charge in [-0.05, 0) is 39.8 Å². The van der Waals surface area contributed by atoms with Gasteiger partial charge in [0, 0.05) is 24.8 Å². The van der Waals surface area contributed by atoms with Crippen LogP contribution in [0.15, 0.2) is 18.2 Å². The molecule has 0 atom stereocenters. The number of nitriles is 1. The van der Waals surface area contributed by atoms with E-state index in [2.05, 4.69) is 11.4 Å². The lowest BCUT2D eigenvalue weighted by molar-refractivity contribution is 0.0711. The molecule has 0 saturated carbocycles. The van der Waals surface area contributed by atoms with Crippen molar-refractivity contribution in [1.82, 2.24) is 4.90 Å². The first-order chi connectivity index (χ1) is 9.51. The molecular weight excluding hydrogens is 250 g/mol. The molecule has 1 N–H and O–H groups in total. The van der Waals surface area contributed by atoms with E-state index in [9.17, 15) is 4.79 Å². The summed E-state index contributed by atoms with van der Waals surface area (Å²) in [4.78, 5) is 14.5. The van der Waals surface area contributed by atoms with Crippen molar-refractivity contribution < 1.29 is 4.79 Å². The molecular formula is C16H23N3O. The lowest BCUT2D eigenvalue weighted by atomic mass is 10.1. The van der Waals surface area contributed by atoms with Gasteiger partial charge in [-0.1, -0.05) is 11.6 Å². The summed E-state index contributed by atoms with van der Waals surface area (Å²) in [7, 11) is 0. The van der Waals surface area contributed by atoms with Crippen molar-refractivity contribution in [3.63, 3.8) is 0 Å². The summed E-state index contributed by atoms with van der Waals surface area (Å²) in [5.74, 6) is -0.0186. The molecule has 0 heterocycles. The molecule has 0 aliphatic rings. The number of nitrogens with one attached hydrogen (secondary N) is 1. The van der Waals surface area contributed by atoms with Crippen molar-refractivity contribution in [2.24, 2.45) is 0 Å². The smallest absolute Gasteiger partial charge is 0.256 e. The molecule has 0 aliphatic heterocycles. The molecule has 108 valence electrons. The Balaban J connectivity index is 3.10. The highest BCUT2D eigenvalue weighted by Crippen LogP contribution is 2.20. The lowest BCUT2D eigenvalue weighted by Gasteiger charge is -2.27. The summed E-state index contributed by atoms with van der Waals surface area (Å²) in [6.45, 7) is 9.15. The zero-order chi connectivity index (χ0) is 15.1. The second kappa shape index (κ2) is 7.54. The summed E-state index contributed by atoms with van der Waals surface area (Å²) in [5.41, 5.74) is 2.59. The molecule has 0 saturated heterocycles. The van der Waals surface area contributed by atoms with Crippen LogP contribution in [0.3, 0.4) is 0 Å². The predicted octanol–water partition coefficient (Wildman–Crippen LogP) is 3.19. The summed E-state index contributed by atoms with van der Waals surface area (Å²) in [6.07, 6.45) is 0.353. The van der Waals surface area contributed by atoms with Gasteiger partial charge in [0.1, 0.15) is 0 Å². The molecule has 4 nitrogen and oxygen atoms in total. The number of hydrogen-bond acceptors (Lipinski definition) is 3. The second-order valence-corrected chi connectivity index (χ2v) is 5.08. The van der Waals surface area contributed by atoms with Gasteiger partial charge in [-0.2, -0.15) is 5.26 Å². The van der Waals surface area contributed by atoms with Crippen LogP contribution in [0.4, 0.5) is 5.69 Å². The predicted molar refractivity (Wildman–Crippen MR) is 81.7 cm³/mol. The first kappa shape index (κ1) is 16.0. The highest BCUT2D eigenvalue weighted by Gasteiger charge is 2.21. The molecule has 0 fully saturated rings. The number of benzene rings is 1. The highest BCUT2D eigenvalue weighted by atomic mass is 16.2. The molecule has 0 aliphatic carbocycles. The van der Waals surface area contributed by atoms with Crippen molar-refractivity contribution in [1.29, 1.82) is 5.26 Å². The van der Waals surface area contributed by atoms with Crippen LogP contribution in [0.25, 0.3) is 0 Å². The average Bonchev–Trinajstić information content (AvgIpc) is 2.41. The number of aryl methyl sites for hydroxylation is 1. The van der Waals surface area contributed by atoms with Gasteiger partial charge < -0.3 is 10.2 Å². The Kier molecular flexibility index (Phi) is 6.05. The molecule has 1 rings (SSSR count). The van der Waals surface area contributed by atoms with Gasteiger partial charge in [0.05, 0.1) is 18.1 Å². The van der Waals surface area contributed by atoms with Gasteiger partial charge >= 0.3 is 0 Å². The van der Waals surface area contributed by atoms with Crippen molar-refractivity contribution in [2.45, 2.75) is 40.2 Å². The van der Waals surface area contributed by atoms with Crippen LogP contribution in [-0.2, 0) is 0 Å². The largest absolute Gasteiger partial charge is 0.385 e.